The summed E-state index contributed by atoms with van der Waals surface area (Å²) >= 11 is 0. The van der Waals surface area contributed by atoms with Gasteiger partial charge >= 0.3 is 5.97 Å². The van der Waals surface area contributed by atoms with Gasteiger partial charge in [0.1, 0.15) is 5.82 Å². The number of carboxylic acid groups (broad SMARTS) is 1. The molecule has 2 rings (SSSR count). The fraction of sp³-hybridized carbons (Fsp3) is 0.500. The van der Waals surface area contributed by atoms with Gasteiger partial charge in [-0.25, -0.2) is 13.3 Å². The average Bonchev–Trinajstić information content (AvgIpc) is 2.68. The average molecular weight is 299 g/mol. The molecule has 0 amide bonds. The Hall–Kier alpha value is -1.27. The first-order chi connectivity index (χ1) is 9.21. The number of fused-ring (bicyclic) bond motifs is 1. The van der Waals surface area contributed by atoms with E-state index in [0.29, 0.717) is 11.1 Å². The zero-order chi connectivity index (χ0) is 15.1. The molecule has 1 unspecified atom stereocenters. The minimum absolute atomic E-state index is 0.251. The molecule has 6 heteroatoms. The first kappa shape index (κ1) is 15.1. The number of hydrogen-bond donors (Lipinski definition) is 2. The Morgan fingerprint density at radius 3 is 2.65 bits per heavy atom. The van der Waals surface area contributed by atoms with E-state index < -0.39 is 39.5 Å². The molecule has 1 aliphatic rings. The van der Waals surface area contributed by atoms with Crippen molar-refractivity contribution >= 4 is 17.0 Å². The number of halogens is 1. The number of aliphatic carboxylic acids is 1. The first-order valence-corrected chi connectivity index (χ1v) is 7.55. The normalized spacial score (nSPS) is 23.4. The molecule has 3 atom stereocenters. The molecule has 0 bridgehead atoms. The SMILES string of the molecule is CC(C)(C)S(=O)N[C@H]1c2c(F)cccc2C[C@H]1C(=O)O. The topological polar surface area (TPSA) is 66.4 Å². The van der Waals surface area contributed by atoms with Crippen LogP contribution in [0.3, 0.4) is 0 Å². The maximum absolute atomic E-state index is 14.0. The van der Waals surface area contributed by atoms with Crippen molar-refractivity contribution in [1.82, 2.24) is 4.72 Å². The largest absolute Gasteiger partial charge is 0.481 e. The van der Waals surface area contributed by atoms with Crippen molar-refractivity contribution in [3.8, 4) is 0 Å². The summed E-state index contributed by atoms with van der Waals surface area (Å²) in [7, 11) is -1.46. The monoisotopic (exact) mass is 299 g/mol. The van der Waals surface area contributed by atoms with E-state index in [1.165, 1.54) is 6.07 Å². The van der Waals surface area contributed by atoms with Crippen LogP contribution in [0.5, 0.6) is 0 Å². The Morgan fingerprint density at radius 1 is 1.45 bits per heavy atom. The van der Waals surface area contributed by atoms with Crippen molar-refractivity contribution in [3.05, 3.63) is 35.1 Å². The fourth-order valence-electron chi connectivity index (χ4n) is 2.33. The highest BCUT2D eigenvalue weighted by Crippen LogP contribution is 2.38. The van der Waals surface area contributed by atoms with Crippen molar-refractivity contribution in [3.63, 3.8) is 0 Å². The second-order valence-electron chi connectivity index (χ2n) is 5.94. The number of benzene rings is 1. The summed E-state index contributed by atoms with van der Waals surface area (Å²) in [5.74, 6) is -2.26. The van der Waals surface area contributed by atoms with Gasteiger partial charge < -0.3 is 5.11 Å². The number of rotatable bonds is 3. The number of nitrogens with one attached hydrogen (secondary N) is 1. The van der Waals surface area contributed by atoms with Crippen molar-refractivity contribution in [2.45, 2.75) is 38.0 Å². The standard InChI is InChI=1S/C14H18FNO3S/c1-14(2,3)20(19)16-12-9(13(17)18)7-8-5-4-6-10(15)11(8)12/h4-6,9,12,16H,7H2,1-3H3,(H,17,18)/t9-,12-,20?/m1/s1. The molecule has 0 aliphatic heterocycles. The summed E-state index contributed by atoms with van der Waals surface area (Å²) in [6.07, 6.45) is 0.251. The van der Waals surface area contributed by atoms with Gasteiger partial charge in [0.05, 0.1) is 27.7 Å². The molecule has 0 heterocycles. The lowest BCUT2D eigenvalue weighted by Crippen LogP contribution is -2.39. The van der Waals surface area contributed by atoms with E-state index in [-0.39, 0.29) is 6.42 Å². The third kappa shape index (κ3) is 2.76. The highest BCUT2D eigenvalue weighted by Gasteiger charge is 2.41. The van der Waals surface area contributed by atoms with Crippen molar-refractivity contribution < 1.29 is 18.5 Å². The van der Waals surface area contributed by atoms with Gasteiger partial charge in [0.25, 0.3) is 0 Å². The van der Waals surface area contributed by atoms with Crippen molar-refractivity contribution in [2.75, 3.05) is 0 Å². The van der Waals surface area contributed by atoms with Gasteiger partial charge in [0.15, 0.2) is 0 Å². The molecular formula is C14H18FNO3S. The lowest BCUT2D eigenvalue weighted by molar-refractivity contribution is -0.142. The van der Waals surface area contributed by atoms with Gasteiger partial charge in [-0.1, -0.05) is 12.1 Å². The summed E-state index contributed by atoms with van der Waals surface area (Å²) in [6, 6.07) is 3.83. The van der Waals surface area contributed by atoms with Crippen LogP contribution >= 0.6 is 0 Å². The van der Waals surface area contributed by atoms with Gasteiger partial charge in [-0.15, -0.1) is 0 Å². The molecule has 0 spiro atoms. The van der Waals surface area contributed by atoms with Crippen LogP contribution in [-0.2, 0) is 22.2 Å². The number of carbonyl (C=O) groups is 1. The van der Waals surface area contributed by atoms with Crippen LogP contribution in [0.4, 0.5) is 4.39 Å². The summed E-state index contributed by atoms with van der Waals surface area (Å²) in [5, 5.41) is 9.30. The van der Waals surface area contributed by atoms with E-state index in [2.05, 4.69) is 4.72 Å². The third-order valence-corrected chi connectivity index (χ3v) is 4.98. The molecule has 4 nitrogen and oxygen atoms in total. The van der Waals surface area contributed by atoms with Crippen LogP contribution < -0.4 is 4.72 Å². The molecular weight excluding hydrogens is 281 g/mol. The molecule has 0 radical (unpaired) electrons. The van der Waals surface area contributed by atoms with E-state index in [0.717, 1.165) is 0 Å². The molecule has 1 aromatic carbocycles. The number of hydrogen-bond acceptors (Lipinski definition) is 2. The third-order valence-electron chi connectivity index (χ3n) is 3.40. The van der Waals surface area contributed by atoms with Gasteiger partial charge in [-0.05, 0) is 38.8 Å². The Bertz CT molecular complexity index is 568. The van der Waals surface area contributed by atoms with Crippen molar-refractivity contribution in [1.29, 1.82) is 0 Å². The van der Waals surface area contributed by atoms with Crippen molar-refractivity contribution in [2.24, 2.45) is 5.92 Å². The Kier molecular flexibility index (Phi) is 3.97. The Balaban J connectivity index is 2.38. The molecule has 0 saturated carbocycles. The molecule has 1 aliphatic carbocycles. The minimum atomic E-state index is -1.46. The molecule has 0 aromatic heterocycles. The molecule has 2 N–H and O–H groups in total. The minimum Gasteiger partial charge on any atom is -0.481 e. The lowest BCUT2D eigenvalue weighted by atomic mass is 10.0. The highest BCUT2D eigenvalue weighted by atomic mass is 32.2. The van der Waals surface area contributed by atoms with Crippen LogP contribution in [0, 0.1) is 11.7 Å². The van der Waals surface area contributed by atoms with Gasteiger partial charge in [0, 0.05) is 5.56 Å². The molecule has 0 saturated heterocycles. The van der Waals surface area contributed by atoms with E-state index >= 15 is 0 Å². The van der Waals surface area contributed by atoms with E-state index in [4.69, 9.17) is 0 Å². The Labute approximate surface area is 120 Å². The predicted octanol–water partition coefficient (Wildman–Crippen LogP) is 2.18. The maximum atomic E-state index is 14.0. The van der Waals surface area contributed by atoms with Crippen LogP contribution in [0.1, 0.15) is 37.9 Å². The fourth-order valence-corrected chi connectivity index (χ4v) is 3.19. The summed E-state index contributed by atoms with van der Waals surface area (Å²) < 4.78 is 28.4. The van der Waals surface area contributed by atoms with Crippen LogP contribution in [0.25, 0.3) is 0 Å². The van der Waals surface area contributed by atoms with Crippen LogP contribution in [0.15, 0.2) is 18.2 Å². The van der Waals surface area contributed by atoms with Crippen LogP contribution in [-0.4, -0.2) is 20.0 Å². The maximum Gasteiger partial charge on any atom is 0.308 e. The second-order valence-corrected chi connectivity index (χ2v) is 7.94. The zero-order valence-electron chi connectivity index (χ0n) is 11.6. The summed E-state index contributed by atoms with van der Waals surface area (Å²) in [4.78, 5) is 11.4. The quantitative estimate of drug-likeness (QED) is 0.899. The molecule has 20 heavy (non-hydrogen) atoms. The van der Waals surface area contributed by atoms with E-state index in [9.17, 15) is 18.5 Å². The molecule has 1 aromatic rings. The molecule has 0 fully saturated rings. The second kappa shape index (κ2) is 5.26. The molecule has 110 valence electrons. The van der Waals surface area contributed by atoms with Gasteiger partial charge in [-0.3, -0.25) is 4.79 Å². The highest BCUT2D eigenvalue weighted by molar-refractivity contribution is 7.84. The Morgan fingerprint density at radius 2 is 2.10 bits per heavy atom. The smallest absolute Gasteiger partial charge is 0.308 e. The van der Waals surface area contributed by atoms with Crippen LogP contribution in [0.2, 0.25) is 0 Å². The van der Waals surface area contributed by atoms with E-state index in [1.807, 2.05) is 0 Å². The first-order valence-electron chi connectivity index (χ1n) is 6.40. The summed E-state index contributed by atoms with van der Waals surface area (Å²) in [5.41, 5.74) is 0.998. The summed E-state index contributed by atoms with van der Waals surface area (Å²) in [6.45, 7) is 5.34. The lowest BCUT2D eigenvalue weighted by Gasteiger charge is -2.24. The zero-order valence-corrected chi connectivity index (χ0v) is 12.5. The number of carboxylic acids is 1. The van der Waals surface area contributed by atoms with Gasteiger partial charge in [0.2, 0.25) is 0 Å². The van der Waals surface area contributed by atoms with Gasteiger partial charge in [-0.2, -0.15) is 0 Å². The predicted molar refractivity (Wildman–Crippen MR) is 75.0 cm³/mol. The van der Waals surface area contributed by atoms with E-state index in [1.54, 1.807) is 32.9 Å².